The maximum atomic E-state index is 11.8. The summed E-state index contributed by atoms with van der Waals surface area (Å²) in [6.45, 7) is 1.62. The van der Waals surface area contributed by atoms with Crippen LogP contribution in [0.2, 0.25) is 0 Å². The Hall–Kier alpha value is -1.59. The molecule has 0 aliphatic rings. The fraction of sp³-hybridized carbons (Fsp3) is 0.300. The number of nitrogens with zero attached hydrogens (tertiary/aromatic N) is 1. The van der Waals surface area contributed by atoms with Crippen molar-refractivity contribution in [2.45, 2.75) is 13.0 Å². The van der Waals surface area contributed by atoms with Crippen LogP contribution in [-0.2, 0) is 0 Å². The number of hydrogen-bond acceptors (Lipinski definition) is 5. The van der Waals surface area contributed by atoms with E-state index in [0.29, 0.717) is 16.7 Å². The highest BCUT2D eigenvalue weighted by Crippen LogP contribution is 2.20. The SMILES string of the molecule is C[C@@H](C(=O)c1ccc2ooc2c1)N(C)O. The van der Waals surface area contributed by atoms with Gasteiger partial charge in [0, 0.05) is 18.7 Å². The lowest BCUT2D eigenvalue weighted by atomic mass is 10.1. The summed E-state index contributed by atoms with van der Waals surface area (Å²) < 4.78 is 9.33. The second-order valence-corrected chi connectivity index (χ2v) is 3.44. The van der Waals surface area contributed by atoms with Crippen molar-refractivity contribution in [1.82, 2.24) is 5.06 Å². The summed E-state index contributed by atoms with van der Waals surface area (Å²) in [5.41, 5.74) is 1.66. The fourth-order valence-corrected chi connectivity index (χ4v) is 1.26. The Kier molecular flexibility index (Phi) is 2.34. The molecule has 15 heavy (non-hydrogen) atoms. The molecule has 1 aromatic heterocycles. The molecule has 0 bridgehead atoms. The maximum Gasteiger partial charge on any atom is 0.226 e. The first-order valence-electron chi connectivity index (χ1n) is 4.54. The number of likely N-dealkylation sites (N-methyl/N-ethyl adjacent to an activating group) is 1. The van der Waals surface area contributed by atoms with E-state index in [4.69, 9.17) is 5.21 Å². The van der Waals surface area contributed by atoms with Gasteiger partial charge in [-0.1, -0.05) is 0 Å². The smallest absolute Gasteiger partial charge is 0.226 e. The Morgan fingerprint density at radius 2 is 2.07 bits per heavy atom. The topological polar surface area (TPSA) is 66.8 Å². The highest BCUT2D eigenvalue weighted by Gasteiger charge is 2.19. The van der Waals surface area contributed by atoms with E-state index < -0.39 is 6.04 Å². The molecule has 80 valence electrons. The number of rotatable bonds is 3. The van der Waals surface area contributed by atoms with Crippen LogP contribution in [0.4, 0.5) is 0 Å². The molecule has 1 atom stereocenters. The van der Waals surface area contributed by atoms with Crippen molar-refractivity contribution >= 4 is 16.9 Å². The van der Waals surface area contributed by atoms with E-state index >= 15 is 0 Å². The number of ketones is 1. The van der Waals surface area contributed by atoms with Crippen LogP contribution in [0.1, 0.15) is 17.3 Å². The zero-order valence-electron chi connectivity index (χ0n) is 8.43. The van der Waals surface area contributed by atoms with Crippen LogP contribution in [-0.4, -0.2) is 29.1 Å². The van der Waals surface area contributed by atoms with E-state index in [1.54, 1.807) is 25.1 Å². The summed E-state index contributed by atoms with van der Waals surface area (Å²) in [6, 6.07) is 4.32. The van der Waals surface area contributed by atoms with Gasteiger partial charge in [0.25, 0.3) is 0 Å². The lowest BCUT2D eigenvalue weighted by Crippen LogP contribution is -2.33. The molecule has 0 amide bonds. The molecule has 1 aromatic carbocycles. The molecule has 5 heteroatoms. The predicted molar refractivity (Wildman–Crippen MR) is 51.8 cm³/mol. The Balaban J connectivity index is 2.28. The Morgan fingerprint density at radius 1 is 1.40 bits per heavy atom. The summed E-state index contributed by atoms with van der Waals surface area (Å²) in [5.74, 6) is -0.168. The maximum absolute atomic E-state index is 11.8. The molecule has 0 aliphatic heterocycles. The molecule has 2 aromatic rings. The van der Waals surface area contributed by atoms with Crippen molar-refractivity contribution in [3.05, 3.63) is 23.8 Å². The van der Waals surface area contributed by atoms with Gasteiger partial charge in [-0.05, 0) is 19.1 Å². The molecular weight excluding hydrogens is 198 g/mol. The molecule has 1 N–H and O–H groups in total. The third-order valence-corrected chi connectivity index (χ3v) is 2.39. The van der Waals surface area contributed by atoms with E-state index in [1.165, 1.54) is 7.05 Å². The minimum absolute atomic E-state index is 0.168. The van der Waals surface area contributed by atoms with Crippen molar-refractivity contribution in [1.29, 1.82) is 0 Å². The normalized spacial score (nSPS) is 13.6. The van der Waals surface area contributed by atoms with Crippen LogP contribution < -0.4 is 0 Å². The zero-order chi connectivity index (χ0) is 11.0. The van der Waals surface area contributed by atoms with Crippen LogP contribution in [0.15, 0.2) is 27.4 Å². The summed E-state index contributed by atoms with van der Waals surface area (Å²) in [5, 5.41) is 10.0. The minimum atomic E-state index is -0.580. The molecule has 0 fully saturated rings. The molecule has 5 nitrogen and oxygen atoms in total. The van der Waals surface area contributed by atoms with Gasteiger partial charge >= 0.3 is 0 Å². The van der Waals surface area contributed by atoms with E-state index in [9.17, 15) is 4.79 Å². The molecule has 0 saturated carbocycles. The zero-order valence-corrected chi connectivity index (χ0v) is 8.43. The van der Waals surface area contributed by atoms with E-state index in [0.717, 1.165) is 5.06 Å². The van der Waals surface area contributed by atoms with Crippen LogP contribution in [0.5, 0.6) is 0 Å². The highest BCUT2D eigenvalue weighted by molar-refractivity contribution is 6.01. The second-order valence-electron chi connectivity index (χ2n) is 3.44. The van der Waals surface area contributed by atoms with Gasteiger partial charge in [-0.2, -0.15) is 5.06 Å². The standard InChI is InChI=1S/C10H11NO4/c1-6(11(2)13)10(12)7-3-4-8-9(5-7)15-14-8/h3-6,13H,1-2H3/t6-/m0/s1. The predicted octanol–water partition coefficient (Wildman–Crippen LogP) is 1.92. The van der Waals surface area contributed by atoms with E-state index in [-0.39, 0.29) is 5.78 Å². The van der Waals surface area contributed by atoms with Gasteiger partial charge in [0.2, 0.25) is 11.2 Å². The van der Waals surface area contributed by atoms with E-state index in [2.05, 4.69) is 9.15 Å². The summed E-state index contributed by atoms with van der Waals surface area (Å²) in [4.78, 5) is 11.8. The first kappa shape index (κ1) is 9.95. The van der Waals surface area contributed by atoms with Crippen LogP contribution in [0, 0.1) is 0 Å². The first-order valence-corrected chi connectivity index (χ1v) is 4.54. The monoisotopic (exact) mass is 209 g/mol. The van der Waals surface area contributed by atoms with Gasteiger partial charge in [-0.15, -0.1) is 0 Å². The largest absolute Gasteiger partial charge is 0.314 e. The Labute approximate surface area is 85.8 Å². The molecule has 0 radical (unpaired) electrons. The number of hydroxylamine groups is 2. The number of benzene rings is 1. The summed E-state index contributed by atoms with van der Waals surface area (Å²) in [7, 11) is 1.43. The average Bonchev–Trinajstić information content (AvgIpc) is 2.17. The number of carbonyl (C=O) groups is 1. The van der Waals surface area contributed by atoms with Gasteiger partial charge in [0.1, 0.15) is 0 Å². The molecule has 2 rings (SSSR count). The van der Waals surface area contributed by atoms with Crippen LogP contribution in [0.3, 0.4) is 0 Å². The molecule has 1 heterocycles. The van der Waals surface area contributed by atoms with Crippen molar-refractivity contribution < 1.29 is 19.2 Å². The number of carbonyl (C=O) groups excluding carboxylic acids is 1. The molecule has 0 saturated heterocycles. The lowest BCUT2D eigenvalue weighted by Gasteiger charge is -2.16. The average molecular weight is 209 g/mol. The Bertz CT molecular complexity index is 482. The lowest BCUT2D eigenvalue weighted by molar-refractivity contribution is -0.0849. The molecule has 0 unspecified atom stereocenters. The van der Waals surface area contributed by atoms with Gasteiger partial charge < -0.3 is 5.21 Å². The Morgan fingerprint density at radius 3 is 2.53 bits per heavy atom. The van der Waals surface area contributed by atoms with Crippen LogP contribution >= 0.6 is 0 Å². The van der Waals surface area contributed by atoms with Crippen molar-refractivity contribution in [3.8, 4) is 0 Å². The number of Topliss-reactive ketones (excluding diaryl/α,β-unsaturated/α-hetero) is 1. The third kappa shape index (κ3) is 1.67. The highest BCUT2D eigenvalue weighted by atomic mass is 17.0. The molecular formula is C10H11NO4. The second kappa shape index (κ2) is 3.52. The molecule has 0 spiro atoms. The van der Waals surface area contributed by atoms with Crippen molar-refractivity contribution in [3.63, 3.8) is 0 Å². The van der Waals surface area contributed by atoms with E-state index in [1.807, 2.05) is 0 Å². The van der Waals surface area contributed by atoms with Gasteiger partial charge in [0.05, 0.1) is 6.04 Å². The van der Waals surface area contributed by atoms with Crippen molar-refractivity contribution in [2.24, 2.45) is 0 Å². The molecule has 0 aliphatic carbocycles. The summed E-state index contributed by atoms with van der Waals surface area (Å²) >= 11 is 0. The minimum Gasteiger partial charge on any atom is -0.314 e. The number of hydrogen-bond donors (Lipinski definition) is 1. The van der Waals surface area contributed by atoms with Gasteiger partial charge in [-0.25, -0.2) is 0 Å². The summed E-state index contributed by atoms with van der Waals surface area (Å²) in [6.07, 6.45) is 0. The van der Waals surface area contributed by atoms with Crippen LogP contribution in [0.25, 0.3) is 11.2 Å². The fourth-order valence-electron chi connectivity index (χ4n) is 1.26. The van der Waals surface area contributed by atoms with Gasteiger partial charge in [0.15, 0.2) is 5.78 Å². The van der Waals surface area contributed by atoms with Crippen molar-refractivity contribution in [2.75, 3.05) is 7.05 Å². The van der Waals surface area contributed by atoms with Gasteiger partial charge in [-0.3, -0.25) is 13.9 Å². The quantitative estimate of drug-likeness (QED) is 0.475. The number of fused-ring (bicyclic) bond motifs is 1. The first-order chi connectivity index (χ1) is 7.09. The third-order valence-electron chi connectivity index (χ3n) is 2.39.